The van der Waals surface area contributed by atoms with Gasteiger partial charge in [0.15, 0.2) is 24.5 Å². The maximum absolute atomic E-state index is 11.7. The van der Waals surface area contributed by atoms with Crippen LogP contribution in [0.25, 0.3) is 0 Å². The van der Waals surface area contributed by atoms with E-state index in [0.717, 1.165) is 25.5 Å². The van der Waals surface area contributed by atoms with Gasteiger partial charge in [0.1, 0.15) is 18.4 Å². The molecule has 0 aliphatic carbocycles. The monoisotopic (exact) mass is 429 g/mol. The Morgan fingerprint density at radius 1 is 0.967 bits per heavy atom. The van der Waals surface area contributed by atoms with Crippen LogP contribution in [0.1, 0.15) is 39.6 Å². The molecular weight excluding hydrogens is 406 g/mol. The first-order chi connectivity index (χ1) is 14.1. The van der Waals surface area contributed by atoms with Crippen molar-refractivity contribution in [2.24, 2.45) is 0 Å². The molecule has 166 valence electrons. The minimum Gasteiger partial charge on any atom is -0.463 e. The van der Waals surface area contributed by atoms with Crippen LogP contribution in [-0.4, -0.2) is 75.0 Å². The first kappa shape index (κ1) is 23.2. The average molecular weight is 429 g/mol. The van der Waals surface area contributed by atoms with E-state index in [1.54, 1.807) is 0 Å². The molecule has 13 heteroatoms. The zero-order valence-electron chi connectivity index (χ0n) is 16.8. The molecule has 1 aliphatic heterocycles. The predicted molar refractivity (Wildman–Crippen MR) is 93.1 cm³/mol. The van der Waals surface area contributed by atoms with Gasteiger partial charge < -0.3 is 28.8 Å². The second-order valence-electron chi connectivity index (χ2n) is 6.44. The fourth-order valence-corrected chi connectivity index (χ4v) is 2.93. The van der Waals surface area contributed by atoms with Gasteiger partial charge in [-0.2, -0.15) is 0 Å². The fraction of sp³-hybridized carbons (Fsp3) is 0.647. The van der Waals surface area contributed by atoms with Crippen LogP contribution in [0.2, 0.25) is 0 Å². The number of aliphatic hydroxyl groups excluding tert-OH is 1. The lowest BCUT2D eigenvalue weighted by Gasteiger charge is -2.44. The van der Waals surface area contributed by atoms with Crippen LogP contribution in [0, 0.1) is 0 Å². The molecule has 0 spiro atoms. The van der Waals surface area contributed by atoms with Gasteiger partial charge in [0.05, 0.1) is 12.8 Å². The highest BCUT2D eigenvalue weighted by Gasteiger charge is 2.53. The fourth-order valence-electron chi connectivity index (χ4n) is 2.93. The van der Waals surface area contributed by atoms with Crippen molar-refractivity contribution in [3.63, 3.8) is 0 Å². The van der Waals surface area contributed by atoms with Crippen LogP contribution < -0.4 is 0 Å². The van der Waals surface area contributed by atoms with Gasteiger partial charge in [-0.1, -0.05) is 5.21 Å². The minimum absolute atomic E-state index is 0.197. The number of aliphatic hydroxyl groups is 1. The van der Waals surface area contributed by atoms with Gasteiger partial charge in [0, 0.05) is 27.7 Å². The van der Waals surface area contributed by atoms with Crippen molar-refractivity contribution in [2.45, 2.75) is 64.9 Å². The Morgan fingerprint density at radius 3 is 2.03 bits per heavy atom. The molecule has 13 nitrogen and oxygen atoms in total. The summed E-state index contributed by atoms with van der Waals surface area (Å²) < 4.78 is 27.9. The first-order valence-corrected chi connectivity index (χ1v) is 8.94. The summed E-state index contributed by atoms with van der Waals surface area (Å²) >= 11 is 0. The molecule has 0 aromatic carbocycles. The van der Waals surface area contributed by atoms with Crippen molar-refractivity contribution in [2.75, 3.05) is 6.61 Å². The maximum atomic E-state index is 11.7. The third-order valence-corrected chi connectivity index (χ3v) is 3.95. The summed E-state index contributed by atoms with van der Waals surface area (Å²) in [6.45, 7) is 3.80. The summed E-state index contributed by atoms with van der Waals surface area (Å²) in [6, 6.07) is 0. The highest BCUT2D eigenvalue weighted by atomic mass is 16.7. The van der Waals surface area contributed by atoms with Crippen LogP contribution in [-0.2, 0) is 49.5 Å². The third kappa shape index (κ3) is 5.97. The molecule has 0 radical (unpaired) electrons. The van der Waals surface area contributed by atoms with E-state index in [4.69, 9.17) is 23.7 Å². The number of nitrogens with zero attached hydrogens (tertiary/aromatic N) is 3. The van der Waals surface area contributed by atoms with E-state index in [9.17, 15) is 24.3 Å². The molecule has 1 N–H and O–H groups in total. The number of hydrogen-bond acceptors (Lipinski definition) is 12. The summed E-state index contributed by atoms with van der Waals surface area (Å²) in [5, 5.41) is 16.8. The molecule has 0 amide bonds. The molecule has 1 saturated heterocycles. The van der Waals surface area contributed by atoms with E-state index >= 15 is 0 Å². The number of ether oxygens (including phenoxy) is 5. The van der Waals surface area contributed by atoms with Gasteiger partial charge in [-0.15, -0.1) is 5.10 Å². The first-order valence-electron chi connectivity index (χ1n) is 8.94. The van der Waals surface area contributed by atoms with E-state index in [-0.39, 0.29) is 12.3 Å². The van der Waals surface area contributed by atoms with Crippen molar-refractivity contribution in [3.05, 3.63) is 11.9 Å². The van der Waals surface area contributed by atoms with Crippen LogP contribution in [0.4, 0.5) is 0 Å². The number of rotatable bonds is 7. The van der Waals surface area contributed by atoms with E-state index in [2.05, 4.69) is 10.3 Å². The molecule has 1 fully saturated rings. The van der Waals surface area contributed by atoms with Gasteiger partial charge in [-0.25, -0.2) is 4.68 Å². The second kappa shape index (κ2) is 10.1. The molecule has 0 saturated carbocycles. The average Bonchev–Trinajstić information content (AvgIpc) is 3.11. The van der Waals surface area contributed by atoms with E-state index in [1.807, 2.05) is 0 Å². The maximum Gasteiger partial charge on any atom is 0.303 e. The highest BCUT2D eigenvalue weighted by Crippen LogP contribution is 2.34. The number of carbonyl (C=O) groups excluding carboxylic acids is 4. The summed E-state index contributed by atoms with van der Waals surface area (Å²) in [6.07, 6.45) is -4.82. The number of hydrogen-bond donors (Lipinski definition) is 1. The minimum atomic E-state index is -1.31. The van der Waals surface area contributed by atoms with Crippen molar-refractivity contribution >= 4 is 23.9 Å². The summed E-state index contributed by atoms with van der Waals surface area (Å²) in [7, 11) is 0. The zero-order valence-corrected chi connectivity index (χ0v) is 16.8. The van der Waals surface area contributed by atoms with Gasteiger partial charge >= 0.3 is 23.9 Å². The Bertz CT molecular complexity index is 795. The van der Waals surface area contributed by atoms with Crippen LogP contribution in [0.5, 0.6) is 0 Å². The van der Waals surface area contributed by atoms with Crippen molar-refractivity contribution < 1.29 is 48.0 Å². The topological polar surface area (TPSA) is 165 Å². The number of carbonyl (C=O) groups is 4. The standard InChI is InChI=1S/C17H23N3O10/c1-8(22)26-7-13-14(27-9(2)23)15(28-10(3)24)16(29-11(4)25)17(30-13)20-5-12(6-21)18-19-20/h5,13-17,21H,6-7H2,1-4H3/t13-,14-,15+,16-,17-/m1/s1. The molecule has 1 aromatic heterocycles. The molecule has 2 heterocycles. The largest absolute Gasteiger partial charge is 0.463 e. The number of esters is 4. The van der Waals surface area contributed by atoms with Crippen molar-refractivity contribution in [1.82, 2.24) is 15.0 Å². The summed E-state index contributed by atoms with van der Waals surface area (Å²) in [5.74, 6) is -2.81. The molecule has 30 heavy (non-hydrogen) atoms. The van der Waals surface area contributed by atoms with Gasteiger partial charge in [-0.05, 0) is 0 Å². The molecule has 2 rings (SSSR count). The molecule has 0 bridgehead atoms. The Morgan fingerprint density at radius 2 is 1.53 bits per heavy atom. The Kier molecular flexibility index (Phi) is 7.83. The lowest BCUT2D eigenvalue weighted by Crippen LogP contribution is -2.60. The molecular formula is C17H23N3O10. The zero-order chi connectivity index (χ0) is 22.4. The van der Waals surface area contributed by atoms with Crippen molar-refractivity contribution in [3.8, 4) is 0 Å². The van der Waals surface area contributed by atoms with E-state index in [0.29, 0.717) is 0 Å². The molecule has 5 atom stereocenters. The van der Waals surface area contributed by atoms with Gasteiger partial charge in [0.2, 0.25) is 0 Å². The second-order valence-corrected chi connectivity index (χ2v) is 6.44. The Labute approximate surface area is 171 Å². The smallest absolute Gasteiger partial charge is 0.303 e. The van der Waals surface area contributed by atoms with Gasteiger partial charge in [0.25, 0.3) is 0 Å². The van der Waals surface area contributed by atoms with Crippen LogP contribution in [0.3, 0.4) is 0 Å². The highest BCUT2D eigenvalue weighted by molar-refractivity contribution is 5.68. The van der Waals surface area contributed by atoms with Crippen LogP contribution in [0.15, 0.2) is 6.20 Å². The van der Waals surface area contributed by atoms with E-state index < -0.39 is 61.1 Å². The normalized spacial score (nSPS) is 25.8. The number of aromatic nitrogens is 3. The summed E-state index contributed by atoms with van der Waals surface area (Å²) in [4.78, 5) is 46.4. The van der Waals surface area contributed by atoms with Gasteiger partial charge in [-0.3, -0.25) is 19.2 Å². The SMILES string of the molecule is CC(=O)OC[C@H]1O[C@@H](n2cc(CO)nn2)[C@H](OC(C)=O)[C@@H](OC(C)=O)[C@@H]1OC(C)=O. The Hall–Kier alpha value is -3.06. The van der Waals surface area contributed by atoms with E-state index in [1.165, 1.54) is 13.1 Å². The molecule has 1 aromatic rings. The lowest BCUT2D eigenvalue weighted by molar-refractivity contribution is -0.270. The van der Waals surface area contributed by atoms with Crippen LogP contribution >= 0.6 is 0 Å². The summed E-state index contributed by atoms with van der Waals surface area (Å²) in [5.41, 5.74) is 0.197. The third-order valence-electron chi connectivity index (χ3n) is 3.95. The predicted octanol–water partition coefficient (Wildman–Crippen LogP) is -0.974. The van der Waals surface area contributed by atoms with Crippen molar-refractivity contribution in [1.29, 1.82) is 0 Å². The quantitative estimate of drug-likeness (QED) is 0.417. The lowest BCUT2D eigenvalue weighted by atomic mass is 9.97. The molecule has 1 aliphatic rings. The Balaban J connectivity index is 2.50. The molecule has 0 unspecified atom stereocenters.